The van der Waals surface area contributed by atoms with Gasteiger partial charge in [0, 0.05) is 16.4 Å². The van der Waals surface area contributed by atoms with Crippen molar-refractivity contribution in [2.24, 2.45) is 5.92 Å². The van der Waals surface area contributed by atoms with E-state index in [0.717, 1.165) is 33.9 Å². The predicted molar refractivity (Wildman–Crippen MR) is 81.1 cm³/mol. The minimum atomic E-state index is -0.297. The number of aliphatic hydroxyl groups is 1. The highest BCUT2D eigenvalue weighted by Gasteiger charge is 2.29. The van der Waals surface area contributed by atoms with Crippen LogP contribution in [-0.4, -0.2) is 22.7 Å². The minimum absolute atomic E-state index is 0.297. The predicted octanol–water partition coefficient (Wildman–Crippen LogP) is 2.76. The largest absolute Gasteiger partial charge is 0.396 e. The molecule has 0 amide bonds. The number of fused-ring (bicyclic) bond motifs is 1. The zero-order valence-corrected chi connectivity index (χ0v) is 12.0. The Morgan fingerprint density at radius 3 is 3.00 bits per heavy atom. The van der Waals surface area contributed by atoms with Crippen molar-refractivity contribution in [3.63, 3.8) is 0 Å². The molecule has 1 aromatic heterocycles. The van der Waals surface area contributed by atoms with Crippen LogP contribution in [-0.2, 0) is 0 Å². The molecular weight excluding hydrogens is 306 g/mol. The van der Waals surface area contributed by atoms with E-state index in [1.54, 1.807) is 6.20 Å². The lowest BCUT2D eigenvalue weighted by Crippen LogP contribution is -2.22. The number of nitrogens with one attached hydrogen (secondary N) is 1. The van der Waals surface area contributed by atoms with Crippen LogP contribution >= 0.6 is 15.9 Å². The number of pyridine rings is 1. The Labute approximate surface area is 120 Å². The molecule has 1 fully saturated rings. The van der Waals surface area contributed by atoms with Crippen LogP contribution in [0.25, 0.3) is 10.9 Å². The van der Waals surface area contributed by atoms with E-state index in [-0.39, 0.29) is 6.10 Å². The first-order valence-corrected chi connectivity index (χ1v) is 7.20. The summed E-state index contributed by atoms with van der Waals surface area (Å²) in [5, 5.41) is 14.2. The molecule has 1 aliphatic rings. The highest BCUT2D eigenvalue weighted by molar-refractivity contribution is 9.10. The third-order valence-electron chi connectivity index (χ3n) is 3.51. The zero-order chi connectivity index (χ0) is 13.4. The Morgan fingerprint density at radius 1 is 1.47 bits per heavy atom. The van der Waals surface area contributed by atoms with Gasteiger partial charge in [-0.2, -0.15) is 0 Å². The smallest absolute Gasteiger partial charge is 0.0743 e. The second kappa shape index (κ2) is 4.98. The van der Waals surface area contributed by atoms with E-state index in [0.29, 0.717) is 18.2 Å². The zero-order valence-electron chi connectivity index (χ0n) is 10.4. The van der Waals surface area contributed by atoms with Crippen LogP contribution in [0.3, 0.4) is 0 Å². The van der Waals surface area contributed by atoms with Crippen molar-refractivity contribution in [3.8, 4) is 0 Å². The number of nitrogen functional groups attached to an aromatic ring is 1. The molecule has 0 saturated heterocycles. The molecule has 2 aromatic rings. The van der Waals surface area contributed by atoms with Crippen LogP contribution < -0.4 is 11.1 Å². The van der Waals surface area contributed by atoms with Gasteiger partial charge in [-0.05, 0) is 37.0 Å². The van der Waals surface area contributed by atoms with Crippen molar-refractivity contribution >= 4 is 38.2 Å². The van der Waals surface area contributed by atoms with Gasteiger partial charge in [-0.15, -0.1) is 0 Å². The maximum atomic E-state index is 9.94. The Morgan fingerprint density at radius 2 is 2.26 bits per heavy atom. The van der Waals surface area contributed by atoms with Gasteiger partial charge in [-0.3, -0.25) is 4.98 Å². The van der Waals surface area contributed by atoms with Crippen molar-refractivity contribution < 1.29 is 5.11 Å². The van der Waals surface area contributed by atoms with Gasteiger partial charge in [0.2, 0.25) is 0 Å². The van der Waals surface area contributed by atoms with Crippen LogP contribution in [0, 0.1) is 5.92 Å². The topological polar surface area (TPSA) is 71.2 Å². The highest BCUT2D eigenvalue weighted by atomic mass is 79.9. The Bertz CT molecular complexity index is 608. The van der Waals surface area contributed by atoms with E-state index in [4.69, 9.17) is 5.73 Å². The molecular formula is C14H16BrN3O. The molecule has 1 heterocycles. The second-order valence-electron chi connectivity index (χ2n) is 5.04. The van der Waals surface area contributed by atoms with Gasteiger partial charge in [0.1, 0.15) is 0 Å². The fourth-order valence-corrected chi connectivity index (χ4v) is 2.59. The Hall–Kier alpha value is -1.33. The standard InChI is InChI=1S/C14H16BrN3O/c15-9-3-4-12-10(5-9)14(11(16)6-17-12)18-7-13(19)8-1-2-8/h3-6,8,13,19H,1-2,7,16H2,(H,17,18). The van der Waals surface area contributed by atoms with Crippen molar-refractivity contribution in [2.45, 2.75) is 18.9 Å². The van der Waals surface area contributed by atoms with E-state index < -0.39 is 0 Å². The van der Waals surface area contributed by atoms with Crippen molar-refractivity contribution in [1.29, 1.82) is 0 Å². The Balaban J connectivity index is 1.91. The van der Waals surface area contributed by atoms with Gasteiger partial charge in [-0.25, -0.2) is 0 Å². The number of hydrogen-bond donors (Lipinski definition) is 3. The van der Waals surface area contributed by atoms with Gasteiger partial charge in [-0.1, -0.05) is 15.9 Å². The first-order chi connectivity index (χ1) is 9.15. The molecule has 3 rings (SSSR count). The van der Waals surface area contributed by atoms with Gasteiger partial charge < -0.3 is 16.2 Å². The number of anilines is 2. The van der Waals surface area contributed by atoms with E-state index >= 15 is 0 Å². The summed E-state index contributed by atoms with van der Waals surface area (Å²) in [4.78, 5) is 4.31. The van der Waals surface area contributed by atoms with Gasteiger partial charge >= 0.3 is 0 Å². The number of hydrogen-bond acceptors (Lipinski definition) is 4. The lowest BCUT2D eigenvalue weighted by atomic mass is 10.1. The third kappa shape index (κ3) is 2.67. The van der Waals surface area contributed by atoms with Crippen LogP contribution in [0.2, 0.25) is 0 Å². The summed E-state index contributed by atoms with van der Waals surface area (Å²) in [7, 11) is 0. The van der Waals surface area contributed by atoms with E-state index in [1.165, 1.54) is 0 Å². The number of nitrogens with two attached hydrogens (primary N) is 1. The van der Waals surface area contributed by atoms with E-state index in [9.17, 15) is 5.11 Å². The molecule has 1 atom stereocenters. The SMILES string of the molecule is Nc1cnc2ccc(Br)cc2c1NCC(O)C1CC1. The first kappa shape index (κ1) is 12.7. The van der Waals surface area contributed by atoms with Crippen molar-refractivity contribution in [1.82, 2.24) is 4.98 Å². The summed E-state index contributed by atoms with van der Waals surface area (Å²) in [6.45, 7) is 0.528. The molecule has 1 unspecified atom stereocenters. The summed E-state index contributed by atoms with van der Waals surface area (Å²) >= 11 is 3.46. The third-order valence-corrected chi connectivity index (χ3v) is 4.01. The molecule has 1 aliphatic carbocycles. The fourth-order valence-electron chi connectivity index (χ4n) is 2.23. The summed E-state index contributed by atoms with van der Waals surface area (Å²) in [5.74, 6) is 0.452. The molecule has 0 bridgehead atoms. The number of nitrogens with zero attached hydrogens (tertiary/aromatic N) is 1. The summed E-state index contributed by atoms with van der Waals surface area (Å²) in [6.07, 6.45) is 3.61. The molecule has 4 nitrogen and oxygen atoms in total. The molecule has 0 radical (unpaired) electrons. The van der Waals surface area contributed by atoms with Crippen LogP contribution in [0.15, 0.2) is 28.9 Å². The number of halogens is 1. The van der Waals surface area contributed by atoms with Crippen LogP contribution in [0.5, 0.6) is 0 Å². The monoisotopic (exact) mass is 321 g/mol. The quantitative estimate of drug-likeness (QED) is 0.809. The summed E-state index contributed by atoms with van der Waals surface area (Å²) < 4.78 is 0.984. The number of rotatable bonds is 4. The lowest BCUT2D eigenvalue weighted by Gasteiger charge is -2.15. The number of aliphatic hydroxyl groups excluding tert-OH is 1. The molecule has 4 N–H and O–H groups in total. The molecule has 100 valence electrons. The fraction of sp³-hybridized carbons (Fsp3) is 0.357. The van der Waals surface area contributed by atoms with Crippen molar-refractivity contribution in [3.05, 3.63) is 28.9 Å². The molecule has 19 heavy (non-hydrogen) atoms. The highest BCUT2D eigenvalue weighted by Crippen LogP contribution is 2.34. The van der Waals surface area contributed by atoms with Crippen LogP contribution in [0.4, 0.5) is 11.4 Å². The maximum Gasteiger partial charge on any atom is 0.0743 e. The number of aromatic nitrogens is 1. The summed E-state index contributed by atoms with van der Waals surface area (Å²) in [5.41, 5.74) is 8.34. The molecule has 1 aromatic carbocycles. The van der Waals surface area contributed by atoms with Gasteiger partial charge in [0.15, 0.2) is 0 Å². The van der Waals surface area contributed by atoms with Crippen molar-refractivity contribution in [2.75, 3.05) is 17.6 Å². The molecule has 1 saturated carbocycles. The normalized spacial score (nSPS) is 16.5. The average Bonchev–Trinajstić information content (AvgIpc) is 3.21. The lowest BCUT2D eigenvalue weighted by molar-refractivity contribution is 0.164. The average molecular weight is 322 g/mol. The summed E-state index contributed by atoms with van der Waals surface area (Å²) in [6, 6.07) is 5.89. The van der Waals surface area contributed by atoms with Crippen LogP contribution in [0.1, 0.15) is 12.8 Å². The Kier molecular flexibility index (Phi) is 3.33. The molecule has 0 spiro atoms. The number of benzene rings is 1. The second-order valence-corrected chi connectivity index (χ2v) is 5.95. The van der Waals surface area contributed by atoms with E-state index in [2.05, 4.69) is 26.2 Å². The first-order valence-electron chi connectivity index (χ1n) is 6.41. The maximum absolute atomic E-state index is 9.94. The van der Waals surface area contributed by atoms with Gasteiger partial charge in [0.05, 0.1) is 29.2 Å². The van der Waals surface area contributed by atoms with Gasteiger partial charge in [0.25, 0.3) is 0 Å². The molecule has 0 aliphatic heterocycles. The van der Waals surface area contributed by atoms with E-state index in [1.807, 2.05) is 18.2 Å². The minimum Gasteiger partial charge on any atom is -0.396 e. The molecule has 5 heteroatoms.